The molecule has 0 aromatic heterocycles. The molecule has 0 bridgehead atoms. The third-order valence-corrected chi connectivity index (χ3v) is 4.67. The number of nitrogens with one attached hydrogen (secondary N) is 1. The molecule has 1 aliphatic rings. The summed E-state index contributed by atoms with van der Waals surface area (Å²) in [6, 6.07) is 0.734. The Kier molecular flexibility index (Phi) is 5.76. The van der Waals surface area contributed by atoms with E-state index in [1.165, 1.54) is 12.8 Å². The summed E-state index contributed by atoms with van der Waals surface area (Å²) < 4.78 is 23.2. The second-order valence-electron chi connectivity index (χ2n) is 5.27. The topological polar surface area (TPSA) is 46.2 Å². The lowest BCUT2D eigenvalue weighted by Crippen LogP contribution is -2.19. The molecule has 96 valence electrons. The Bertz CT molecular complexity index is 281. The van der Waals surface area contributed by atoms with Gasteiger partial charge in [-0.25, -0.2) is 8.42 Å². The molecule has 3 nitrogen and oxygen atoms in total. The highest BCUT2D eigenvalue weighted by atomic mass is 32.2. The van der Waals surface area contributed by atoms with Crippen molar-refractivity contribution in [3.63, 3.8) is 0 Å². The Labute approximate surface area is 99.9 Å². The Morgan fingerprint density at radius 3 is 2.44 bits per heavy atom. The minimum atomic E-state index is -2.79. The molecule has 4 heteroatoms. The van der Waals surface area contributed by atoms with E-state index >= 15 is 0 Å². The van der Waals surface area contributed by atoms with Crippen LogP contribution in [-0.4, -0.2) is 32.5 Å². The zero-order chi connectivity index (χ0) is 12.0. The lowest BCUT2D eigenvalue weighted by atomic mass is 10.2. The first-order valence-electron chi connectivity index (χ1n) is 6.43. The van der Waals surface area contributed by atoms with E-state index in [-0.39, 0.29) is 0 Å². The second-order valence-corrected chi connectivity index (χ2v) is 7.57. The van der Waals surface area contributed by atoms with E-state index in [9.17, 15) is 8.42 Å². The fourth-order valence-electron chi connectivity index (χ4n) is 1.56. The number of rotatable bonds is 9. The summed E-state index contributed by atoms with van der Waals surface area (Å²) in [5.41, 5.74) is 0. The van der Waals surface area contributed by atoms with Gasteiger partial charge in [0.25, 0.3) is 0 Å². The van der Waals surface area contributed by atoms with Gasteiger partial charge in [0, 0.05) is 6.04 Å². The quantitative estimate of drug-likeness (QED) is 0.634. The maximum Gasteiger partial charge on any atom is 0.150 e. The van der Waals surface area contributed by atoms with Crippen LogP contribution in [0.3, 0.4) is 0 Å². The number of hydrogen-bond acceptors (Lipinski definition) is 3. The van der Waals surface area contributed by atoms with Crippen molar-refractivity contribution < 1.29 is 8.42 Å². The maximum atomic E-state index is 11.6. The van der Waals surface area contributed by atoms with Crippen LogP contribution in [0.15, 0.2) is 0 Å². The molecule has 0 radical (unpaired) electrons. The molecule has 0 amide bonds. The zero-order valence-corrected chi connectivity index (χ0v) is 11.4. The Morgan fingerprint density at radius 1 is 1.19 bits per heavy atom. The van der Waals surface area contributed by atoms with Crippen molar-refractivity contribution in [1.82, 2.24) is 5.32 Å². The molecule has 1 N–H and O–H groups in total. The van der Waals surface area contributed by atoms with Crippen LogP contribution in [-0.2, 0) is 9.84 Å². The lowest BCUT2D eigenvalue weighted by Gasteiger charge is -2.06. The van der Waals surface area contributed by atoms with Crippen LogP contribution in [0.4, 0.5) is 0 Å². The van der Waals surface area contributed by atoms with Crippen LogP contribution in [0, 0.1) is 5.92 Å². The van der Waals surface area contributed by atoms with Crippen LogP contribution in [0.5, 0.6) is 0 Å². The monoisotopic (exact) mass is 247 g/mol. The third-order valence-electron chi connectivity index (χ3n) is 2.90. The molecule has 1 aliphatic carbocycles. The Hall–Kier alpha value is -0.0900. The van der Waals surface area contributed by atoms with E-state index < -0.39 is 9.84 Å². The SMILES string of the molecule is CC(C)CCS(=O)(=O)CCCCNC1CC1. The summed E-state index contributed by atoms with van der Waals surface area (Å²) in [6.07, 6.45) is 5.18. The van der Waals surface area contributed by atoms with Crippen LogP contribution in [0.2, 0.25) is 0 Å². The molecular weight excluding hydrogens is 222 g/mol. The summed E-state index contributed by atoms with van der Waals surface area (Å²) in [6.45, 7) is 5.11. The van der Waals surface area contributed by atoms with Gasteiger partial charge in [-0.1, -0.05) is 13.8 Å². The van der Waals surface area contributed by atoms with Crippen LogP contribution < -0.4 is 5.32 Å². The molecule has 0 unspecified atom stereocenters. The van der Waals surface area contributed by atoms with Gasteiger partial charge in [-0.05, 0) is 44.6 Å². The standard InChI is InChI=1S/C12H25NO2S/c1-11(2)7-10-16(14,15)9-4-3-8-13-12-5-6-12/h11-13H,3-10H2,1-2H3. The molecule has 0 aromatic rings. The molecule has 1 fully saturated rings. The second kappa shape index (κ2) is 6.60. The van der Waals surface area contributed by atoms with Gasteiger partial charge in [0.1, 0.15) is 9.84 Å². The van der Waals surface area contributed by atoms with Crippen molar-refractivity contribution in [3.05, 3.63) is 0 Å². The van der Waals surface area contributed by atoms with Gasteiger partial charge in [-0.2, -0.15) is 0 Å². The van der Waals surface area contributed by atoms with Crippen molar-refractivity contribution >= 4 is 9.84 Å². The first kappa shape index (κ1) is 14.0. The Morgan fingerprint density at radius 2 is 1.88 bits per heavy atom. The van der Waals surface area contributed by atoms with Crippen molar-refractivity contribution in [2.75, 3.05) is 18.1 Å². The molecule has 0 heterocycles. The molecule has 1 rings (SSSR count). The predicted octanol–water partition coefficient (Wildman–Crippen LogP) is 1.98. The van der Waals surface area contributed by atoms with Gasteiger partial charge in [0.2, 0.25) is 0 Å². The summed E-state index contributed by atoms with van der Waals surface area (Å²) in [5, 5.41) is 3.40. The minimum Gasteiger partial charge on any atom is -0.314 e. The van der Waals surface area contributed by atoms with Crippen LogP contribution >= 0.6 is 0 Å². The zero-order valence-electron chi connectivity index (χ0n) is 10.5. The van der Waals surface area contributed by atoms with Gasteiger partial charge in [-0.3, -0.25) is 0 Å². The minimum absolute atomic E-state index is 0.362. The lowest BCUT2D eigenvalue weighted by molar-refractivity contribution is 0.567. The molecule has 0 saturated heterocycles. The number of sulfone groups is 1. The van der Waals surface area contributed by atoms with Crippen LogP contribution in [0.1, 0.15) is 46.0 Å². The van der Waals surface area contributed by atoms with Gasteiger partial charge >= 0.3 is 0 Å². The number of hydrogen-bond donors (Lipinski definition) is 1. The summed E-state index contributed by atoms with van der Waals surface area (Å²) in [4.78, 5) is 0. The summed E-state index contributed by atoms with van der Waals surface area (Å²) >= 11 is 0. The van der Waals surface area contributed by atoms with Crippen molar-refractivity contribution in [2.24, 2.45) is 5.92 Å². The highest BCUT2D eigenvalue weighted by Crippen LogP contribution is 2.18. The van der Waals surface area contributed by atoms with Crippen molar-refractivity contribution in [1.29, 1.82) is 0 Å². The first-order valence-corrected chi connectivity index (χ1v) is 8.25. The molecular formula is C12H25NO2S. The number of unbranched alkanes of at least 4 members (excludes halogenated alkanes) is 1. The molecule has 16 heavy (non-hydrogen) atoms. The van der Waals surface area contributed by atoms with E-state index in [1.54, 1.807) is 0 Å². The Balaban J connectivity index is 2.00. The average Bonchev–Trinajstić information content (AvgIpc) is 2.98. The predicted molar refractivity (Wildman–Crippen MR) is 68.4 cm³/mol. The van der Waals surface area contributed by atoms with Crippen LogP contribution in [0.25, 0.3) is 0 Å². The fraction of sp³-hybridized carbons (Fsp3) is 1.00. The average molecular weight is 247 g/mol. The smallest absolute Gasteiger partial charge is 0.150 e. The molecule has 0 atom stereocenters. The normalized spacial score (nSPS) is 16.9. The third kappa shape index (κ3) is 7.23. The molecule has 0 spiro atoms. The fourth-order valence-corrected chi connectivity index (χ4v) is 3.24. The maximum absolute atomic E-state index is 11.6. The largest absolute Gasteiger partial charge is 0.314 e. The van der Waals surface area contributed by atoms with Crippen molar-refractivity contribution in [2.45, 2.75) is 52.0 Å². The van der Waals surface area contributed by atoms with E-state index in [0.717, 1.165) is 31.8 Å². The highest BCUT2D eigenvalue weighted by molar-refractivity contribution is 7.91. The highest BCUT2D eigenvalue weighted by Gasteiger charge is 2.19. The van der Waals surface area contributed by atoms with Gasteiger partial charge < -0.3 is 5.32 Å². The van der Waals surface area contributed by atoms with Gasteiger partial charge in [0.05, 0.1) is 11.5 Å². The first-order chi connectivity index (χ1) is 7.49. The molecule has 0 aliphatic heterocycles. The van der Waals surface area contributed by atoms with E-state index in [0.29, 0.717) is 17.4 Å². The summed E-state index contributed by atoms with van der Waals surface area (Å²) in [7, 11) is -2.79. The molecule has 1 saturated carbocycles. The van der Waals surface area contributed by atoms with Gasteiger partial charge in [-0.15, -0.1) is 0 Å². The van der Waals surface area contributed by atoms with E-state index in [1.807, 2.05) is 0 Å². The summed E-state index contributed by atoms with van der Waals surface area (Å²) in [5.74, 6) is 1.21. The van der Waals surface area contributed by atoms with E-state index in [4.69, 9.17) is 0 Å². The molecule has 0 aromatic carbocycles. The van der Waals surface area contributed by atoms with Gasteiger partial charge in [0.15, 0.2) is 0 Å². The van der Waals surface area contributed by atoms with Crippen molar-refractivity contribution in [3.8, 4) is 0 Å². The van der Waals surface area contributed by atoms with E-state index in [2.05, 4.69) is 19.2 Å².